The molecule has 0 fully saturated rings. The molecule has 0 aliphatic rings. The molecule has 2 aromatic carbocycles. The van der Waals surface area contributed by atoms with Crippen LogP contribution in [0.4, 0.5) is 11.4 Å². The van der Waals surface area contributed by atoms with E-state index in [1.165, 1.54) is 0 Å². The summed E-state index contributed by atoms with van der Waals surface area (Å²) < 4.78 is 0.823. The van der Waals surface area contributed by atoms with E-state index in [9.17, 15) is 0 Å². The molecule has 2 N–H and O–H groups in total. The number of benzene rings is 2. The zero-order valence-electron chi connectivity index (χ0n) is 9.88. The molecule has 104 valence electrons. The van der Waals surface area contributed by atoms with Gasteiger partial charge in [-0.05, 0) is 64.5 Å². The minimum atomic E-state index is 0.410. The first-order chi connectivity index (χ1) is 9.45. The van der Waals surface area contributed by atoms with Gasteiger partial charge in [0.25, 0.3) is 0 Å². The Morgan fingerprint density at radius 3 is 2.35 bits per heavy atom. The van der Waals surface area contributed by atoms with Gasteiger partial charge < -0.3 is 10.6 Å². The summed E-state index contributed by atoms with van der Waals surface area (Å²) in [5, 5.41) is 8.09. The molecule has 0 spiro atoms. The van der Waals surface area contributed by atoms with Gasteiger partial charge in [0, 0.05) is 15.2 Å². The van der Waals surface area contributed by atoms with E-state index in [4.69, 9.17) is 47.0 Å². The zero-order valence-corrected chi connectivity index (χ0v) is 14.6. The van der Waals surface area contributed by atoms with Crippen LogP contribution in [0.5, 0.6) is 0 Å². The van der Waals surface area contributed by atoms with Crippen LogP contribution in [0.1, 0.15) is 0 Å². The normalized spacial score (nSPS) is 10.2. The van der Waals surface area contributed by atoms with E-state index in [2.05, 4.69) is 26.6 Å². The third-order valence-electron chi connectivity index (χ3n) is 2.36. The number of thiocarbonyl (C=S) groups is 1. The molecule has 0 heterocycles. The Morgan fingerprint density at radius 2 is 1.70 bits per heavy atom. The summed E-state index contributed by atoms with van der Waals surface area (Å²) in [6.07, 6.45) is 0. The lowest BCUT2D eigenvalue weighted by molar-refractivity contribution is 1.58. The van der Waals surface area contributed by atoms with E-state index >= 15 is 0 Å². The largest absolute Gasteiger partial charge is 0.332 e. The minimum Gasteiger partial charge on any atom is -0.332 e. The average molecular weight is 411 g/mol. The van der Waals surface area contributed by atoms with Crippen molar-refractivity contribution in [2.45, 2.75) is 0 Å². The second-order valence-electron chi connectivity index (χ2n) is 3.83. The van der Waals surface area contributed by atoms with Crippen LogP contribution in [0.3, 0.4) is 0 Å². The number of halogens is 4. The molecule has 0 aliphatic carbocycles. The highest BCUT2D eigenvalue weighted by molar-refractivity contribution is 9.10. The Bertz CT molecular complexity index is 664. The number of rotatable bonds is 2. The van der Waals surface area contributed by atoms with Gasteiger partial charge in [-0.2, -0.15) is 0 Å². The summed E-state index contributed by atoms with van der Waals surface area (Å²) in [6, 6.07) is 10.6. The van der Waals surface area contributed by atoms with Crippen molar-refractivity contribution >= 4 is 79.4 Å². The van der Waals surface area contributed by atoms with E-state index < -0.39 is 0 Å². The second-order valence-corrected chi connectivity index (χ2v) is 6.35. The van der Waals surface area contributed by atoms with Crippen molar-refractivity contribution in [3.63, 3.8) is 0 Å². The zero-order chi connectivity index (χ0) is 14.7. The maximum absolute atomic E-state index is 6.06. The van der Waals surface area contributed by atoms with Gasteiger partial charge in [-0.3, -0.25) is 0 Å². The SMILES string of the molecule is S=C(Nc1ccc(Br)c(Cl)c1)Nc1ccc(Cl)cc1Cl. The van der Waals surface area contributed by atoms with Crippen molar-refractivity contribution in [2.75, 3.05) is 10.6 Å². The molecule has 0 unspecified atom stereocenters. The number of anilines is 2. The first-order valence-electron chi connectivity index (χ1n) is 5.44. The molecule has 0 saturated carbocycles. The maximum Gasteiger partial charge on any atom is 0.175 e. The fourth-order valence-corrected chi connectivity index (χ4v) is 2.56. The summed E-state index contributed by atoms with van der Waals surface area (Å²) in [5.41, 5.74) is 1.46. The van der Waals surface area contributed by atoms with Crippen molar-refractivity contribution < 1.29 is 0 Å². The Labute approximate surface area is 145 Å². The molecular formula is C13H8BrCl3N2S. The predicted octanol–water partition coefficient (Wildman–Crippen LogP) is 6.22. The fraction of sp³-hybridized carbons (Fsp3) is 0. The quantitative estimate of drug-likeness (QED) is 0.575. The third-order valence-corrected chi connectivity index (χ3v) is 4.34. The van der Waals surface area contributed by atoms with Gasteiger partial charge in [0.1, 0.15) is 0 Å². The van der Waals surface area contributed by atoms with Crippen LogP contribution in [0.2, 0.25) is 15.1 Å². The number of hydrogen-bond acceptors (Lipinski definition) is 1. The van der Waals surface area contributed by atoms with Crippen LogP contribution < -0.4 is 10.6 Å². The standard InChI is InChI=1S/C13H8BrCl3N2S/c14-9-3-2-8(6-10(9)16)18-13(20)19-12-4-1-7(15)5-11(12)17/h1-6H,(H2,18,19,20). The lowest BCUT2D eigenvalue weighted by Crippen LogP contribution is -2.19. The van der Waals surface area contributed by atoms with E-state index in [0.29, 0.717) is 25.9 Å². The van der Waals surface area contributed by atoms with Crippen LogP contribution in [0.25, 0.3) is 0 Å². The molecule has 20 heavy (non-hydrogen) atoms. The molecule has 0 aliphatic heterocycles. The molecule has 7 heteroatoms. The minimum absolute atomic E-state index is 0.410. The summed E-state index contributed by atoms with van der Waals surface area (Å²) in [7, 11) is 0. The summed E-state index contributed by atoms with van der Waals surface area (Å²) in [4.78, 5) is 0. The van der Waals surface area contributed by atoms with Crippen LogP contribution >= 0.6 is 63.0 Å². The van der Waals surface area contributed by atoms with Gasteiger partial charge in [0.15, 0.2) is 5.11 Å². The van der Waals surface area contributed by atoms with E-state index in [1.54, 1.807) is 24.3 Å². The van der Waals surface area contributed by atoms with Crippen LogP contribution in [-0.2, 0) is 0 Å². The second kappa shape index (κ2) is 6.96. The molecule has 0 atom stereocenters. The molecule has 0 radical (unpaired) electrons. The number of nitrogens with one attached hydrogen (secondary N) is 2. The summed E-state index contributed by atoms with van der Waals surface area (Å²) in [6.45, 7) is 0. The molecular weight excluding hydrogens is 402 g/mol. The molecule has 2 nitrogen and oxygen atoms in total. The van der Waals surface area contributed by atoms with Crippen molar-refractivity contribution in [2.24, 2.45) is 0 Å². The highest BCUT2D eigenvalue weighted by atomic mass is 79.9. The molecule has 0 aromatic heterocycles. The smallest absolute Gasteiger partial charge is 0.175 e. The van der Waals surface area contributed by atoms with Crippen LogP contribution in [0, 0.1) is 0 Å². The van der Waals surface area contributed by atoms with E-state index in [-0.39, 0.29) is 0 Å². The highest BCUT2D eigenvalue weighted by Gasteiger charge is 2.05. The first kappa shape index (κ1) is 15.9. The lowest BCUT2D eigenvalue weighted by atomic mass is 10.3. The maximum atomic E-state index is 6.06. The molecule has 0 amide bonds. The van der Waals surface area contributed by atoms with Crippen molar-refractivity contribution in [3.8, 4) is 0 Å². The first-order valence-corrected chi connectivity index (χ1v) is 7.77. The van der Waals surface area contributed by atoms with Gasteiger partial charge in [-0.1, -0.05) is 34.8 Å². The van der Waals surface area contributed by atoms with Gasteiger partial charge in [-0.25, -0.2) is 0 Å². The van der Waals surface area contributed by atoms with Gasteiger partial charge in [0.2, 0.25) is 0 Å². The Morgan fingerprint density at radius 1 is 0.950 bits per heavy atom. The molecule has 0 saturated heterocycles. The Kier molecular flexibility index (Phi) is 5.52. The number of hydrogen-bond donors (Lipinski definition) is 2. The Balaban J connectivity index is 2.07. The Hall–Kier alpha value is -0.520. The fourth-order valence-electron chi connectivity index (χ4n) is 1.45. The van der Waals surface area contributed by atoms with Gasteiger partial charge in [0.05, 0.1) is 15.7 Å². The van der Waals surface area contributed by atoms with Crippen molar-refractivity contribution in [3.05, 3.63) is 55.9 Å². The van der Waals surface area contributed by atoms with Crippen molar-refractivity contribution in [1.29, 1.82) is 0 Å². The topological polar surface area (TPSA) is 24.1 Å². The van der Waals surface area contributed by atoms with Crippen molar-refractivity contribution in [1.82, 2.24) is 0 Å². The van der Waals surface area contributed by atoms with E-state index in [1.807, 2.05) is 12.1 Å². The van der Waals surface area contributed by atoms with Crippen LogP contribution in [0.15, 0.2) is 40.9 Å². The van der Waals surface area contributed by atoms with Crippen LogP contribution in [-0.4, -0.2) is 5.11 Å². The van der Waals surface area contributed by atoms with E-state index in [0.717, 1.165) is 10.2 Å². The molecule has 2 aromatic rings. The molecule has 2 rings (SSSR count). The average Bonchev–Trinajstić information content (AvgIpc) is 2.37. The predicted molar refractivity (Wildman–Crippen MR) is 95.5 cm³/mol. The summed E-state index contributed by atoms with van der Waals surface area (Å²) >= 11 is 26.5. The highest BCUT2D eigenvalue weighted by Crippen LogP contribution is 2.27. The lowest BCUT2D eigenvalue weighted by Gasteiger charge is -2.12. The van der Waals surface area contributed by atoms with Gasteiger partial charge >= 0.3 is 0 Å². The molecule has 0 bridgehead atoms. The monoisotopic (exact) mass is 408 g/mol. The summed E-state index contributed by atoms with van der Waals surface area (Å²) in [5.74, 6) is 0. The van der Waals surface area contributed by atoms with Gasteiger partial charge in [-0.15, -0.1) is 0 Å². The third kappa shape index (κ3) is 4.24.